The lowest BCUT2D eigenvalue weighted by Gasteiger charge is -2.28. The van der Waals surface area contributed by atoms with Crippen LogP contribution in [0.5, 0.6) is 0 Å². The number of fused-ring (bicyclic) bond motifs is 2. The second kappa shape index (κ2) is 12.8. The van der Waals surface area contributed by atoms with E-state index in [4.69, 9.17) is 0 Å². The molecule has 4 atom stereocenters. The molecule has 0 radical (unpaired) electrons. The fourth-order valence-electron chi connectivity index (χ4n) is 4.79. The molecule has 0 aromatic heterocycles. The molecule has 0 fully saturated rings. The second-order valence-corrected chi connectivity index (χ2v) is 8.10. The first-order chi connectivity index (χ1) is 16.1. The maximum Gasteiger partial charge on any atom is 0.169 e. The minimum atomic E-state index is -0.301. The van der Waals surface area contributed by atoms with Crippen molar-refractivity contribution in [2.45, 2.75) is 59.3 Å². The van der Waals surface area contributed by atoms with E-state index in [1.165, 1.54) is 0 Å². The normalized spacial score (nSPS) is 19.9. The molecule has 0 N–H and O–H groups in total. The number of ketones is 1. The van der Waals surface area contributed by atoms with Gasteiger partial charge in [0.2, 0.25) is 0 Å². The molecular formula is C31H37NO. The fraction of sp³-hybridized carbons (Fsp3) is 0.355. The minimum Gasteiger partial charge on any atom is -0.294 e. The summed E-state index contributed by atoms with van der Waals surface area (Å²) in [5.74, 6) is 0.172. The van der Waals surface area contributed by atoms with Crippen LogP contribution in [0.3, 0.4) is 0 Å². The third-order valence-corrected chi connectivity index (χ3v) is 6.37. The summed E-state index contributed by atoms with van der Waals surface area (Å²) in [5.41, 5.74) is 4.90. The molecule has 2 bridgehead atoms. The van der Waals surface area contributed by atoms with Crippen LogP contribution in [-0.2, 0) is 4.79 Å². The van der Waals surface area contributed by atoms with E-state index in [-0.39, 0.29) is 23.5 Å². The van der Waals surface area contributed by atoms with E-state index in [1.54, 1.807) is 0 Å². The van der Waals surface area contributed by atoms with Gasteiger partial charge in [-0.25, -0.2) is 0 Å². The van der Waals surface area contributed by atoms with Crippen LogP contribution in [-0.4, -0.2) is 5.78 Å². The zero-order chi connectivity index (χ0) is 24.4. The summed E-state index contributed by atoms with van der Waals surface area (Å²) in [6.07, 6.45) is 5.70. The van der Waals surface area contributed by atoms with E-state index >= 15 is 0 Å². The average Bonchev–Trinajstić information content (AvgIpc) is 3.34. The Hall–Kier alpha value is -3.18. The maximum absolute atomic E-state index is 13.0. The summed E-state index contributed by atoms with van der Waals surface area (Å²) < 4.78 is 0. The largest absolute Gasteiger partial charge is 0.294 e. The summed E-state index contributed by atoms with van der Waals surface area (Å²) in [7, 11) is 0. The zero-order valence-corrected chi connectivity index (χ0v) is 20.7. The van der Waals surface area contributed by atoms with E-state index in [0.29, 0.717) is 12.3 Å². The third kappa shape index (κ3) is 5.79. The van der Waals surface area contributed by atoms with Gasteiger partial charge < -0.3 is 0 Å². The molecule has 33 heavy (non-hydrogen) atoms. The van der Waals surface area contributed by atoms with E-state index in [0.717, 1.165) is 34.3 Å². The van der Waals surface area contributed by atoms with E-state index in [1.807, 2.05) is 82.3 Å². The zero-order valence-electron chi connectivity index (χ0n) is 20.7. The van der Waals surface area contributed by atoms with Crippen LogP contribution < -0.4 is 0 Å². The molecule has 0 saturated heterocycles. The Balaban J connectivity index is 0.000000914. The molecular weight excluding hydrogens is 402 g/mol. The first-order valence-corrected chi connectivity index (χ1v) is 12.2. The molecule has 0 heterocycles. The van der Waals surface area contributed by atoms with Gasteiger partial charge in [-0.3, -0.25) is 4.79 Å². The van der Waals surface area contributed by atoms with E-state index < -0.39 is 0 Å². The quantitative estimate of drug-likeness (QED) is 0.426. The average molecular weight is 440 g/mol. The number of Topliss-reactive ketones (excluding diaryl/α,β-unsaturated/α-hetero) is 1. The predicted octanol–water partition coefficient (Wildman–Crippen LogP) is 8.17. The summed E-state index contributed by atoms with van der Waals surface area (Å²) in [4.78, 5) is 13.0. The van der Waals surface area contributed by atoms with Crippen molar-refractivity contribution in [3.8, 4) is 6.07 Å². The number of nitriles is 1. The van der Waals surface area contributed by atoms with Crippen molar-refractivity contribution >= 4 is 5.78 Å². The van der Waals surface area contributed by atoms with Crippen molar-refractivity contribution in [3.63, 3.8) is 0 Å². The molecule has 2 aromatic rings. The van der Waals surface area contributed by atoms with Crippen LogP contribution in [0, 0.1) is 23.2 Å². The van der Waals surface area contributed by atoms with Crippen LogP contribution in [0.1, 0.15) is 70.4 Å². The number of hydrogen-bond donors (Lipinski definition) is 0. The summed E-state index contributed by atoms with van der Waals surface area (Å²) >= 11 is 0. The van der Waals surface area contributed by atoms with Crippen LogP contribution in [0.25, 0.3) is 0 Å². The molecule has 4 rings (SSSR count). The van der Waals surface area contributed by atoms with Gasteiger partial charge in [-0.05, 0) is 42.4 Å². The highest BCUT2D eigenvalue weighted by atomic mass is 16.1. The van der Waals surface area contributed by atoms with Crippen molar-refractivity contribution in [2.24, 2.45) is 11.8 Å². The van der Waals surface area contributed by atoms with Gasteiger partial charge in [0, 0.05) is 17.4 Å². The van der Waals surface area contributed by atoms with Gasteiger partial charge in [-0.2, -0.15) is 5.26 Å². The van der Waals surface area contributed by atoms with Crippen LogP contribution >= 0.6 is 0 Å². The Morgan fingerprint density at radius 2 is 1.45 bits per heavy atom. The standard InChI is InChI=1S/C27H25NO.2C2H6/c1-18(26-19(2)22-13-14-23(16-22)27(26)29)15-24(20-9-5-3-6-10-20)25(17-28)21-11-7-4-8-12-21;2*1-2/h3-14,22-25H,1,15-16H2,2H3;2*1-2H3. The van der Waals surface area contributed by atoms with Gasteiger partial charge >= 0.3 is 0 Å². The Morgan fingerprint density at radius 1 is 0.939 bits per heavy atom. The maximum atomic E-state index is 13.0. The lowest BCUT2D eigenvalue weighted by atomic mass is 9.73. The highest BCUT2D eigenvalue weighted by molar-refractivity contribution is 6.04. The Kier molecular flexibility index (Phi) is 10.1. The Morgan fingerprint density at radius 3 is 2.00 bits per heavy atom. The second-order valence-electron chi connectivity index (χ2n) is 8.10. The van der Waals surface area contributed by atoms with Crippen molar-refractivity contribution < 1.29 is 4.79 Å². The van der Waals surface area contributed by atoms with Gasteiger partial charge in [0.25, 0.3) is 0 Å². The SMILES string of the molecule is C=C(CC(c1ccccc1)C(C#N)c1ccccc1)C1=C(C)C2C=CC(C2)C1=O.CC.CC. The highest BCUT2D eigenvalue weighted by Crippen LogP contribution is 2.44. The third-order valence-electron chi connectivity index (χ3n) is 6.37. The lowest BCUT2D eigenvalue weighted by Crippen LogP contribution is -2.24. The van der Waals surface area contributed by atoms with Crippen LogP contribution in [0.2, 0.25) is 0 Å². The minimum absolute atomic E-state index is 0.00786. The number of carbonyl (C=O) groups excluding carboxylic acids is 1. The smallest absolute Gasteiger partial charge is 0.169 e. The van der Waals surface area contributed by atoms with Crippen LogP contribution in [0.4, 0.5) is 0 Å². The van der Waals surface area contributed by atoms with Crippen molar-refractivity contribution in [1.29, 1.82) is 5.26 Å². The Labute approximate surface area is 200 Å². The number of nitrogens with zero attached hydrogens (tertiary/aromatic N) is 1. The van der Waals surface area contributed by atoms with Crippen molar-refractivity contribution in [1.82, 2.24) is 0 Å². The topological polar surface area (TPSA) is 40.9 Å². The monoisotopic (exact) mass is 439 g/mol. The van der Waals surface area contributed by atoms with Gasteiger partial charge in [-0.15, -0.1) is 0 Å². The first kappa shape index (κ1) is 26.1. The van der Waals surface area contributed by atoms with Gasteiger partial charge in [0.15, 0.2) is 5.78 Å². The number of allylic oxidation sites excluding steroid dienone is 5. The van der Waals surface area contributed by atoms with Crippen molar-refractivity contribution in [3.05, 3.63) is 107 Å². The molecule has 2 aliphatic rings. The van der Waals surface area contributed by atoms with Crippen molar-refractivity contribution in [2.75, 3.05) is 0 Å². The van der Waals surface area contributed by atoms with E-state index in [2.05, 4.69) is 37.8 Å². The molecule has 2 nitrogen and oxygen atoms in total. The lowest BCUT2D eigenvalue weighted by molar-refractivity contribution is -0.118. The molecule has 0 amide bonds. The molecule has 172 valence electrons. The van der Waals surface area contributed by atoms with E-state index in [9.17, 15) is 10.1 Å². The summed E-state index contributed by atoms with van der Waals surface area (Å²) in [6.45, 7) is 14.4. The number of hydrogen-bond acceptors (Lipinski definition) is 2. The van der Waals surface area contributed by atoms with Crippen LogP contribution in [0.15, 0.2) is 96.1 Å². The van der Waals surface area contributed by atoms with Gasteiger partial charge in [0.1, 0.15) is 0 Å². The highest BCUT2D eigenvalue weighted by Gasteiger charge is 2.37. The first-order valence-electron chi connectivity index (χ1n) is 12.2. The molecule has 2 aromatic carbocycles. The molecule has 4 unspecified atom stereocenters. The number of benzene rings is 2. The molecule has 0 aliphatic heterocycles. The summed E-state index contributed by atoms with van der Waals surface area (Å²) in [5, 5.41) is 10.1. The van der Waals surface area contributed by atoms with Gasteiger partial charge in [-0.1, -0.05) is 113 Å². The van der Waals surface area contributed by atoms with Gasteiger partial charge in [0.05, 0.1) is 12.0 Å². The Bertz CT molecular complexity index is 1020. The number of carbonyl (C=O) groups is 1. The molecule has 2 aliphatic carbocycles. The number of rotatable bonds is 6. The fourth-order valence-corrected chi connectivity index (χ4v) is 4.79. The molecule has 0 spiro atoms. The summed E-state index contributed by atoms with van der Waals surface area (Å²) in [6, 6.07) is 22.6. The molecule has 0 saturated carbocycles. The molecule has 2 heteroatoms. The predicted molar refractivity (Wildman–Crippen MR) is 139 cm³/mol.